The first-order chi connectivity index (χ1) is 16.2. The molecule has 34 heavy (non-hydrogen) atoms. The van der Waals surface area contributed by atoms with Crippen LogP contribution in [0.5, 0.6) is 0 Å². The summed E-state index contributed by atoms with van der Waals surface area (Å²) in [5, 5.41) is 9.09. The number of esters is 1. The summed E-state index contributed by atoms with van der Waals surface area (Å²) in [5.41, 5.74) is 2.07. The maximum atomic E-state index is 11.6. The Hall–Kier alpha value is -0.910. The van der Waals surface area contributed by atoms with Crippen molar-refractivity contribution in [2.75, 3.05) is 13.2 Å². The van der Waals surface area contributed by atoms with Gasteiger partial charge in [0.15, 0.2) is 5.79 Å². The lowest BCUT2D eigenvalue weighted by atomic mass is 9.47. The van der Waals surface area contributed by atoms with E-state index >= 15 is 0 Å². The number of allylic oxidation sites excluding steroid dienone is 1. The maximum absolute atomic E-state index is 11.6. The van der Waals surface area contributed by atoms with Gasteiger partial charge < -0.3 is 19.3 Å². The highest BCUT2D eigenvalue weighted by atomic mass is 16.7. The van der Waals surface area contributed by atoms with E-state index in [9.17, 15) is 4.79 Å². The lowest BCUT2D eigenvalue weighted by Crippen LogP contribution is -2.52. The van der Waals surface area contributed by atoms with E-state index in [4.69, 9.17) is 19.3 Å². The van der Waals surface area contributed by atoms with Crippen LogP contribution in [0.1, 0.15) is 85.5 Å². The summed E-state index contributed by atoms with van der Waals surface area (Å²) in [6, 6.07) is 0. The number of aliphatic hydroxyl groups excluding tert-OH is 1. The Morgan fingerprint density at radius 1 is 1.15 bits per heavy atom. The minimum atomic E-state index is -0.522. The van der Waals surface area contributed by atoms with E-state index < -0.39 is 12.6 Å². The minimum absolute atomic E-state index is 0.0705. The molecule has 0 aromatic rings. The summed E-state index contributed by atoms with van der Waals surface area (Å²) < 4.78 is 18.9. The van der Waals surface area contributed by atoms with Crippen LogP contribution in [-0.2, 0) is 19.0 Å². The average molecular weight is 473 g/mol. The molecule has 2 aliphatic heterocycles. The van der Waals surface area contributed by atoms with E-state index in [0.29, 0.717) is 29.3 Å². The number of carbonyl (C=O) groups is 1. The summed E-state index contributed by atoms with van der Waals surface area (Å²) in [6.45, 7) is 10.1. The third-order valence-electron chi connectivity index (χ3n) is 11.8. The first kappa shape index (κ1) is 23.5. The Kier molecular flexibility index (Phi) is 5.56. The van der Waals surface area contributed by atoms with Crippen molar-refractivity contribution in [2.24, 2.45) is 46.3 Å². The molecule has 11 atom stereocenters. The van der Waals surface area contributed by atoms with Gasteiger partial charge in [-0.2, -0.15) is 0 Å². The van der Waals surface area contributed by atoms with Gasteiger partial charge in [-0.05, 0) is 85.4 Å². The average Bonchev–Trinajstić information content (AvgIpc) is 3.26. The van der Waals surface area contributed by atoms with Crippen molar-refractivity contribution in [3.63, 3.8) is 0 Å². The van der Waals surface area contributed by atoms with Crippen molar-refractivity contribution >= 4 is 5.97 Å². The molecule has 6 aliphatic rings. The van der Waals surface area contributed by atoms with E-state index in [1.54, 1.807) is 0 Å². The fourth-order valence-corrected chi connectivity index (χ4v) is 9.97. The number of aliphatic hydroxyl groups is 1. The molecular weight excluding hydrogens is 428 g/mol. The molecule has 5 fully saturated rings. The van der Waals surface area contributed by atoms with Crippen molar-refractivity contribution in [3.05, 3.63) is 11.6 Å². The van der Waals surface area contributed by atoms with E-state index in [0.717, 1.165) is 56.5 Å². The van der Waals surface area contributed by atoms with Crippen molar-refractivity contribution < 1.29 is 24.1 Å². The standard InChI is InChI=1S/C29H44O5/c1-17-7-12-29(32-16-17)18(2)26-24(34-29)14-23-21-6-5-19-13-20(33-25(31)15-30)8-10-27(19,3)22(21)9-11-28(23,26)4/h5,17-18,20-24,26,30H,6-16H2,1-4H3/t17-,18+,20+,21-,22+,23+,24+,26+,27+,28+,29+/m1/s1. The number of hydrogen-bond donors (Lipinski definition) is 1. The molecule has 5 heteroatoms. The van der Waals surface area contributed by atoms with Crippen LogP contribution in [0.3, 0.4) is 0 Å². The zero-order valence-corrected chi connectivity index (χ0v) is 21.6. The van der Waals surface area contributed by atoms with E-state index in [2.05, 4.69) is 33.8 Å². The SMILES string of the molecule is C[C@@H]1CC[C@]2(OC1)O[C@H]1C[C@H]3[C@@H]4CC=C5C[C@@H](OC(=O)CO)CC[C@]5(C)[C@H]4CC[C@]3(C)[C@H]1[C@@H]2C. The fourth-order valence-electron chi connectivity index (χ4n) is 9.97. The van der Waals surface area contributed by atoms with Gasteiger partial charge in [0.1, 0.15) is 12.7 Å². The summed E-state index contributed by atoms with van der Waals surface area (Å²) in [7, 11) is 0. The van der Waals surface area contributed by atoms with Crippen molar-refractivity contribution in [2.45, 2.75) is 103 Å². The molecule has 0 amide bonds. The van der Waals surface area contributed by atoms with Crippen LogP contribution in [0.2, 0.25) is 0 Å². The second-order valence-electron chi connectivity index (χ2n) is 13.3. The highest BCUT2D eigenvalue weighted by Gasteiger charge is 2.68. The zero-order valence-electron chi connectivity index (χ0n) is 21.6. The van der Waals surface area contributed by atoms with Crippen molar-refractivity contribution in [1.82, 2.24) is 0 Å². The van der Waals surface area contributed by atoms with E-state index in [1.807, 2.05) is 0 Å². The molecular formula is C29H44O5. The number of carbonyl (C=O) groups excluding carboxylic acids is 1. The van der Waals surface area contributed by atoms with Crippen LogP contribution in [0.4, 0.5) is 0 Å². The molecule has 190 valence electrons. The van der Waals surface area contributed by atoms with E-state index in [1.165, 1.54) is 31.3 Å². The lowest BCUT2D eigenvalue weighted by Gasteiger charge is -2.58. The monoisotopic (exact) mass is 472 g/mol. The van der Waals surface area contributed by atoms with Gasteiger partial charge in [-0.15, -0.1) is 0 Å². The number of fused-ring (bicyclic) bond motifs is 7. The van der Waals surface area contributed by atoms with E-state index in [-0.39, 0.29) is 17.3 Å². The highest BCUT2D eigenvalue weighted by Crippen LogP contribution is 2.70. The Morgan fingerprint density at radius 3 is 2.71 bits per heavy atom. The number of rotatable bonds is 2. The van der Waals surface area contributed by atoms with Gasteiger partial charge in [-0.25, -0.2) is 4.79 Å². The summed E-state index contributed by atoms with van der Waals surface area (Å²) in [4.78, 5) is 11.6. The van der Waals surface area contributed by atoms with Gasteiger partial charge >= 0.3 is 5.97 Å². The summed E-state index contributed by atoms with van der Waals surface area (Å²) in [6.07, 6.45) is 12.9. The van der Waals surface area contributed by atoms with Gasteiger partial charge in [-0.3, -0.25) is 0 Å². The van der Waals surface area contributed by atoms with Crippen molar-refractivity contribution in [3.8, 4) is 0 Å². The first-order valence-electron chi connectivity index (χ1n) is 14.0. The molecule has 6 rings (SSSR count). The third-order valence-corrected chi connectivity index (χ3v) is 11.8. The minimum Gasteiger partial charge on any atom is -0.460 e. The zero-order chi connectivity index (χ0) is 23.9. The molecule has 1 N–H and O–H groups in total. The van der Waals surface area contributed by atoms with Crippen LogP contribution < -0.4 is 0 Å². The molecule has 1 spiro atoms. The first-order valence-corrected chi connectivity index (χ1v) is 14.0. The van der Waals surface area contributed by atoms with Gasteiger partial charge in [0.2, 0.25) is 0 Å². The van der Waals surface area contributed by atoms with Crippen LogP contribution >= 0.6 is 0 Å². The predicted molar refractivity (Wildman–Crippen MR) is 129 cm³/mol. The molecule has 0 aromatic carbocycles. The topological polar surface area (TPSA) is 65.0 Å². The molecule has 2 saturated heterocycles. The summed E-state index contributed by atoms with van der Waals surface area (Å²) in [5.74, 6) is 3.08. The molecule has 0 bridgehead atoms. The highest BCUT2D eigenvalue weighted by molar-refractivity contribution is 5.70. The fraction of sp³-hybridized carbons (Fsp3) is 0.897. The largest absolute Gasteiger partial charge is 0.460 e. The molecule has 2 heterocycles. The van der Waals surface area contributed by atoms with Gasteiger partial charge in [-0.1, -0.05) is 39.3 Å². The molecule has 3 saturated carbocycles. The van der Waals surface area contributed by atoms with Gasteiger partial charge in [0, 0.05) is 18.8 Å². The van der Waals surface area contributed by atoms with Gasteiger partial charge in [0.05, 0.1) is 12.7 Å². The molecule has 0 radical (unpaired) electrons. The molecule has 0 aromatic heterocycles. The Balaban J connectivity index is 1.22. The number of ether oxygens (including phenoxy) is 3. The normalized spacial score (nSPS) is 54.0. The summed E-state index contributed by atoms with van der Waals surface area (Å²) >= 11 is 0. The van der Waals surface area contributed by atoms with Crippen LogP contribution in [0.15, 0.2) is 11.6 Å². The van der Waals surface area contributed by atoms with Gasteiger partial charge in [0.25, 0.3) is 0 Å². The Labute approximate surface area is 205 Å². The Morgan fingerprint density at radius 2 is 1.97 bits per heavy atom. The van der Waals surface area contributed by atoms with Crippen LogP contribution in [0.25, 0.3) is 0 Å². The second-order valence-corrected chi connectivity index (χ2v) is 13.3. The molecule has 4 aliphatic carbocycles. The maximum Gasteiger partial charge on any atom is 0.332 e. The third kappa shape index (κ3) is 3.25. The molecule has 5 nitrogen and oxygen atoms in total. The second kappa shape index (κ2) is 8.05. The van der Waals surface area contributed by atoms with Crippen LogP contribution in [0, 0.1) is 46.3 Å². The smallest absolute Gasteiger partial charge is 0.332 e. The molecule has 0 unspecified atom stereocenters. The number of hydrogen-bond acceptors (Lipinski definition) is 5. The Bertz CT molecular complexity index is 859. The quantitative estimate of drug-likeness (QED) is 0.439. The predicted octanol–water partition coefficient (Wildman–Crippen LogP) is 5.26. The lowest BCUT2D eigenvalue weighted by molar-refractivity contribution is -0.272. The van der Waals surface area contributed by atoms with Crippen molar-refractivity contribution in [1.29, 1.82) is 0 Å². The van der Waals surface area contributed by atoms with Crippen LogP contribution in [-0.4, -0.2) is 42.3 Å².